The highest BCUT2D eigenvalue weighted by Gasteiger charge is 2.12. The molecule has 0 saturated carbocycles. The number of aryl methyl sites for hydroxylation is 1. The molecule has 1 aromatic heterocycles. The van der Waals surface area contributed by atoms with Crippen LogP contribution in [-0.2, 0) is 0 Å². The van der Waals surface area contributed by atoms with E-state index in [1.165, 1.54) is 16.7 Å². The lowest BCUT2D eigenvalue weighted by Gasteiger charge is -2.13. The lowest BCUT2D eigenvalue weighted by Crippen LogP contribution is -1.98. The van der Waals surface area contributed by atoms with Gasteiger partial charge in [-0.05, 0) is 51.6 Å². The Hall–Kier alpha value is -1.90. The number of thiophene rings is 1. The minimum absolute atomic E-state index is 0.537. The standard InChI is InChI=1S/C18H16OS/c1-13-11-15(18(19)16-9-10-20-12-16)7-8-17(13)14-5-3-2-4-6-14/h2-12,18-19H,1H3/t18-/m1/s1. The highest BCUT2D eigenvalue weighted by Crippen LogP contribution is 2.29. The van der Waals surface area contributed by atoms with Crippen molar-refractivity contribution in [2.75, 3.05) is 0 Å². The Labute approximate surface area is 123 Å². The second-order valence-corrected chi connectivity index (χ2v) is 5.68. The average Bonchev–Trinajstić information content (AvgIpc) is 3.01. The van der Waals surface area contributed by atoms with Gasteiger partial charge in [-0.1, -0.05) is 48.5 Å². The first kappa shape index (κ1) is 13.1. The summed E-state index contributed by atoms with van der Waals surface area (Å²) >= 11 is 1.61. The number of rotatable bonds is 3. The van der Waals surface area contributed by atoms with Crippen molar-refractivity contribution >= 4 is 11.3 Å². The van der Waals surface area contributed by atoms with E-state index in [2.05, 4.69) is 31.2 Å². The molecule has 0 unspecified atom stereocenters. The van der Waals surface area contributed by atoms with Crippen LogP contribution in [0.2, 0.25) is 0 Å². The minimum atomic E-state index is -0.537. The summed E-state index contributed by atoms with van der Waals surface area (Å²) in [6.45, 7) is 2.09. The maximum atomic E-state index is 10.4. The molecule has 2 aromatic carbocycles. The lowest BCUT2D eigenvalue weighted by atomic mass is 9.95. The van der Waals surface area contributed by atoms with Gasteiger partial charge < -0.3 is 5.11 Å². The van der Waals surface area contributed by atoms with Crippen molar-refractivity contribution in [3.8, 4) is 11.1 Å². The third-order valence-electron chi connectivity index (χ3n) is 3.51. The van der Waals surface area contributed by atoms with E-state index in [9.17, 15) is 5.11 Å². The zero-order valence-corrected chi connectivity index (χ0v) is 12.1. The van der Waals surface area contributed by atoms with Crippen molar-refractivity contribution in [2.45, 2.75) is 13.0 Å². The van der Waals surface area contributed by atoms with Gasteiger partial charge in [-0.3, -0.25) is 0 Å². The summed E-state index contributed by atoms with van der Waals surface area (Å²) in [4.78, 5) is 0. The third-order valence-corrected chi connectivity index (χ3v) is 4.21. The first-order valence-electron chi connectivity index (χ1n) is 6.62. The number of aliphatic hydroxyl groups is 1. The normalized spacial score (nSPS) is 12.3. The van der Waals surface area contributed by atoms with Crippen molar-refractivity contribution in [2.24, 2.45) is 0 Å². The highest BCUT2D eigenvalue weighted by molar-refractivity contribution is 7.07. The first-order chi connectivity index (χ1) is 9.75. The highest BCUT2D eigenvalue weighted by atomic mass is 32.1. The first-order valence-corrected chi connectivity index (χ1v) is 7.56. The SMILES string of the molecule is Cc1cc([C@@H](O)c2ccsc2)ccc1-c1ccccc1. The van der Waals surface area contributed by atoms with Crippen LogP contribution in [0.15, 0.2) is 65.4 Å². The molecule has 1 N–H and O–H groups in total. The number of hydrogen-bond donors (Lipinski definition) is 1. The molecule has 3 rings (SSSR count). The Bertz CT molecular complexity index is 687. The lowest BCUT2D eigenvalue weighted by molar-refractivity contribution is 0.221. The quantitative estimate of drug-likeness (QED) is 0.730. The Kier molecular flexibility index (Phi) is 3.68. The Balaban J connectivity index is 1.96. The molecule has 1 heterocycles. The van der Waals surface area contributed by atoms with E-state index in [1.807, 2.05) is 41.1 Å². The summed E-state index contributed by atoms with van der Waals surface area (Å²) in [6, 6.07) is 18.5. The van der Waals surface area contributed by atoms with E-state index in [-0.39, 0.29) is 0 Å². The summed E-state index contributed by atoms with van der Waals surface area (Å²) in [5.41, 5.74) is 5.51. The van der Waals surface area contributed by atoms with Crippen LogP contribution in [0.3, 0.4) is 0 Å². The van der Waals surface area contributed by atoms with Crippen LogP contribution >= 0.6 is 11.3 Å². The molecule has 0 fully saturated rings. The number of aliphatic hydroxyl groups excluding tert-OH is 1. The number of hydrogen-bond acceptors (Lipinski definition) is 2. The maximum Gasteiger partial charge on any atom is 0.105 e. The largest absolute Gasteiger partial charge is 0.384 e. The van der Waals surface area contributed by atoms with Gasteiger partial charge in [0.1, 0.15) is 6.10 Å². The fourth-order valence-corrected chi connectivity index (χ4v) is 3.10. The van der Waals surface area contributed by atoms with E-state index in [1.54, 1.807) is 11.3 Å². The zero-order chi connectivity index (χ0) is 13.9. The van der Waals surface area contributed by atoms with Gasteiger partial charge in [-0.15, -0.1) is 0 Å². The van der Waals surface area contributed by atoms with Gasteiger partial charge in [-0.25, -0.2) is 0 Å². The Morgan fingerprint density at radius 1 is 0.950 bits per heavy atom. The second kappa shape index (κ2) is 5.61. The molecule has 0 aliphatic rings. The maximum absolute atomic E-state index is 10.4. The summed E-state index contributed by atoms with van der Waals surface area (Å²) in [5.74, 6) is 0. The summed E-state index contributed by atoms with van der Waals surface area (Å²) in [5, 5.41) is 14.4. The fraction of sp³-hybridized carbons (Fsp3) is 0.111. The van der Waals surface area contributed by atoms with Gasteiger partial charge in [-0.2, -0.15) is 11.3 Å². The van der Waals surface area contributed by atoms with Crippen molar-refractivity contribution < 1.29 is 5.11 Å². The Morgan fingerprint density at radius 3 is 2.40 bits per heavy atom. The predicted octanol–water partition coefficient (Wildman–Crippen LogP) is 4.81. The fourth-order valence-electron chi connectivity index (χ4n) is 2.42. The minimum Gasteiger partial charge on any atom is -0.384 e. The molecule has 20 heavy (non-hydrogen) atoms. The molecule has 0 spiro atoms. The van der Waals surface area contributed by atoms with E-state index >= 15 is 0 Å². The van der Waals surface area contributed by atoms with Crippen LogP contribution in [0, 0.1) is 6.92 Å². The third kappa shape index (κ3) is 2.53. The van der Waals surface area contributed by atoms with Crippen molar-refractivity contribution in [1.82, 2.24) is 0 Å². The molecule has 0 aliphatic heterocycles. The van der Waals surface area contributed by atoms with E-state index in [0.29, 0.717) is 0 Å². The molecular formula is C18H16OS. The van der Waals surface area contributed by atoms with Crippen LogP contribution in [0.5, 0.6) is 0 Å². The van der Waals surface area contributed by atoms with Crippen LogP contribution in [0.1, 0.15) is 22.8 Å². The van der Waals surface area contributed by atoms with Gasteiger partial charge in [0, 0.05) is 0 Å². The Morgan fingerprint density at radius 2 is 1.75 bits per heavy atom. The van der Waals surface area contributed by atoms with Crippen LogP contribution < -0.4 is 0 Å². The summed E-state index contributed by atoms with van der Waals surface area (Å²) in [7, 11) is 0. The molecule has 2 heteroatoms. The summed E-state index contributed by atoms with van der Waals surface area (Å²) in [6.07, 6.45) is -0.537. The van der Waals surface area contributed by atoms with Crippen LogP contribution in [-0.4, -0.2) is 5.11 Å². The van der Waals surface area contributed by atoms with Gasteiger partial charge in [0.15, 0.2) is 0 Å². The topological polar surface area (TPSA) is 20.2 Å². The van der Waals surface area contributed by atoms with Gasteiger partial charge >= 0.3 is 0 Å². The van der Waals surface area contributed by atoms with E-state index < -0.39 is 6.10 Å². The monoisotopic (exact) mass is 280 g/mol. The van der Waals surface area contributed by atoms with Crippen molar-refractivity contribution in [3.05, 3.63) is 82.0 Å². The molecule has 3 aromatic rings. The molecule has 1 atom stereocenters. The van der Waals surface area contributed by atoms with Gasteiger partial charge in [0.2, 0.25) is 0 Å². The predicted molar refractivity (Wildman–Crippen MR) is 85.0 cm³/mol. The van der Waals surface area contributed by atoms with E-state index in [0.717, 1.165) is 11.1 Å². The molecule has 0 aliphatic carbocycles. The smallest absolute Gasteiger partial charge is 0.105 e. The molecule has 0 bridgehead atoms. The molecule has 0 amide bonds. The molecule has 1 nitrogen and oxygen atoms in total. The van der Waals surface area contributed by atoms with Crippen LogP contribution in [0.25, 0.3) is 11.1 Å². The molecule has 0 radical (unpaired) electrons. The zero-order valence-electron chi connectivity index (χ0n) is 11.3. The van der Waals surface area contributed by atoms with E-state index in [4.69, 9.17) is 0 Å². The van der Waals surface area contributed by atoms with Gasteiger partial charge in [0.05, 0.1) is 0 Å². The number of benzene rings is 2. The average molecular weight is 280 g/mol. The van der Waals surface area contributed by atoms with Crippen LogP contribution in [0.4, 0.5) is 0 Å². The van der Waals surface area contributed by atoms with Gasteiger partial charge in [0.25, 0.3) is 0 Å². The second-order valence-electron chi connectivity index (χ2n) is 4.90. The molecule has 100 valence electrons. The summed E-state index contributed by atoms with van der Waals surface area (Å²) < 4.78 is 0. The van der Waals surface area contributed by atoms with Crippen molar-refractivity contribution in [3.63, 3.8) is 0 Å². The van der Waals surface area contributed by atoms with Crippen molar-refractivity contribution in [1.29, 1.82) is 0 Å². The molecule has 0 saturated heterocycles. The molecular weight excluding hydrogens is 264 g/mol.